The van der Waals surface area contributed by atoms with Crippen LogP contribution in [0.15, 0.2) is 72.0 Å². The maximum absolute atomic E-state index is 12.4. The largest absolute Gasteiger partial charge is 0.423 e. The van der Waals surface area contributed by atoms with E-state index in [2.05, 4.69) is 19.6 Å². The van der Waals surface area contributed by atoms with E-state index in [1.165, 1.54) is 0 Å². The number of ether oxygens (including phenoxy) is 1. The zero-order valence-electron chi connectivity index (χ0n) is 18.4. The Morgan fingerprint density at radius 2 is 1.97 bits per heavy atom. The summed E-state index contributed by atoms with van der Waals surface area (Å²) in [7, 11) is 0. The van der Waals surface area contributed by atoms with E-state index in [0.717, 1.165) is 30.4 Å². The fourth-order valence-electron chi connectivity index (χ4n) is 6.00. The van der Waals surface area contributed by atoms with E-state index in [1.807, 2.05) is 49.4 Å². The molecule has 0 bridgehead atoms. The lowest BCUT2D eigenvalue weighted by molar-refractivity contribution is -0.145. The average molecular weight is 421 g/mol. The standard InChI is InChI=1S/C27H32O4/c1-18-9-12-23-26(2,14-13-24(29)27(23,3)17-28)22(18)11-10-20-16-21(31-25(20)30)15-19-7-5-4-6-8-19/h4-8,10-11,15-16,22-24,28-29H,1,9,12-14,17H2,2-3H3/b11-10+,21-15-/t22?,23-,24-,26+,27+/m1/s1. The molecule has 2 saturated carbocycles. The van der Waals surface area contributed by atoms with Crippen LogP contribution in [0.2, 0.25) is 0 Å². The molecular weight excluding hydrogens is 388 g/mol. The molecule has 31 heavy (non-hydrogen) atoms. The first kappa shape index (κ1) is 21.8. The monoisotopic (exact) mass is 420 g/mol. The van der Waals surface area contributed by atoms with Gasteiger partial charge in [0.1, 0.15) is 5.76 Å². The number of esters is 1. The smallest absolute Gasteiger partial charge is 0.343 e. The van der Waals surface area contributed by atoms with Gasteiger partial charge >= 0.3 is 5.97 Å². The van der Waals surface area contributed by atoms with Gasteiger partial charge in [-0.05, 0) is 54.7 Å². The van der Waals surface area contributed by atoms with Gasteiger partial charge in [0.15, 0.2) is 0 Å². The Balaban J connectivity index is 1.60. The second-order valence-electron chi connectivity index (χ2n) is 9.76. The molecule has 0 radical (unpaired) electrons. The first-order chi connectivity index (χ1) is 14.8. The number of aliphatic hydroxyl groups is 2. The molecule has 5 atom stereocenters. The van der Waals surface area contributed by atoms with Crippen LogP contribution in [-0.4, -0.2) is 28.9 Å². The molecule has 2 aliphatic carbocycles. The Kier molecular flexibility index (Phi) is 5.80. The fourth-order valence-corrected chi connectivity index (χ4v) is 6.00. The van der Waals surface area contributed by atoms with E-state index in [1.54, 1.807) is 6.08 Å². The highest BCUT2D eigenvalue weighted by molar-refractivity contribution is 5.96. The molecule has 0 amide bonds. The zero-order chi connectivity index (χ0) is 22.2. The third-order valence-electron chi connectivity index (χ3n) is 7.88. The summed E-state index contributed by atoms with van der Waals surface area (Å²) in [6.45, 7) is 8.57. The Hall–Kier alpha value is -2.43. The molecular formula is C27H32O4. The van der Waals surface area contributed by atoms with Crippen LogP contribution >= 0.6 is 0 Å². The van der Waals surface area contributed by atoms with Crippen molar-refractivity contribution in [2.24, 2.45) is 22.7 Å². The zero-order valence-corrected chi connectivity index (χ0v) is 18.4. The van der Waals surface area contributed by atoms with Crippen molar-refractivity contribution in [3.05, 3.63) is 77.6 Å². The van der Waals surface area contributed by atoms with Crippen molar-refractivity contribution in [2.45, 2.75) is 45.6 Å². The quantitative estimate of drug-likeness (QED) is 0.542. The minimum Gasteiger partial charge on any atom is -0.423 e. The number of benzene rings is 1. The van der Waals surface area contributed by atoms with Crippen molar-refractivity contribution in [1.82, 2.24) is 0 Å². The SMILES string of the molecule is C=C1CC[C@H]2[C@](C)(CO)[C@H](O)CC[C@@]2(C)C1/C=C/C1=CC(=C/c2ccccc2)/OC1=O. The molecule has 4 nitrogen and oxygen atoms in total. The molecule has 1 aromatic carbocycles. The van der Waals surface area contributed by atoms with E-state index in [0.29, 0.717) is 17.8 Å². The summed E-state index contributed by atoms with van der Waals surface area (Å²) < 4.78 is 5.43. The molecule has 1 unspecified atom stereocenters. The predicted molar refractivity (Wildman–Crippen MR) is 122 cm³/mol. The summed E-state index contributed by atoms with van der Waals surface area (Å²) in [5.74, 6) is 0.462. The van der Waals surface area contributed by atoms with Gasteiger partial charge in [-0.1, -0.05) is 68.5 Å². The minimum atomic E-state index is -0.517. The van der Waals surface area contributed by atoms with E-state index in [-0.39, 0.29) is 29.8 Å². The van der Waals surface area contributed by atoms with Gasteiger partial charge < -0.3 is 14.9 Å². The minimum absolute atomic E-state index is 0.0253. The van der Waals surface area contributed by atoms with Gasteiger partial charge in [0, 0.05) is 11.3 Å². The molecule has 4 heteroatoms. The van der Waals surface area contributed by atoms with Crippen LogP contribution in [0, 0.1) is 22.7 Å². The summed E-state index contributed by atoms with van der Waals surface area (Å²) in [5, 5.41) is 20.8. The Morgan fingerprint density at radius 3 is 2.68 bits per heavy atom. The van der Waals surface area contributed by atoms with Crippen molar-refractivity contribution in [3.63, 3.8) is 0 Å². The maximum Gasteiger partial charge on any atom is 0.343 e. The lowest BCUT2D eigenvalue weighted by Crippen LogP contribution is -2.57. The number of carbonyl (C=O) groups excluding carboxylic acids is 1. The third-order valence-corrected chi connectivity index (χ3v) is 7.88. The van der Waals surface area contributed by atoms with E-state index in [4.69, 9.17) is 4.74 Å². The molecule has 4 rings (SSSR count). The second-order valence-corrected chi connectivity index (χ2v) is 9.76. The summed E-state index contributed by atoms with van der Waals surface area (Å²) in [5.41, 5.74) is 2.03. The van der Waals surface area contributed by atoms with Crippen LogP contribution in [-0.2, 0) is 9.53 Å². The van der Waals surface area contributed by atoms with Gasteiger partial charge in [0.05, 0.1) is 18.3 Å². The number of rotatable bonds is 4. The summed E-state index contributed by atoms with van der Waals surface area (Å²) in [6.07, 6.45) is 10.4. The number of hydrogen-bond donors (Lipinski definition) is 2. The van der Waals surface area contributed by atoms with Crippen LogP contribution in [0.3, 0.4) is 0 Å². The van der Waals surface area contributed by atoms with Gasteiger partial charge in [-0.15, -0.1) is 0 Å². The molecule has 0 spiro atoms. The van der Waals surface area contributed by atoms with Crippen molar-refractivity contribution < 1.29 is 19.7 Å². The molecule has 1 aromatic rings. The first-order valence-electron chi connectivity index (χ1n) is 11.1. The van der Waals surface area contributed by atoms with Crippen LogP contribution in [0.25, 0.3) is 6.08 Å². The van der Waals surface area contributed by atoms with Crippen LogP contribution < -0.4 is 0 Å². The second kappa shape index (κ2) is 8.25. The van der Waals surface area contributed by atoms with Gasteiger partial charge in [0.25, 0.3) is 0 Å². The normalized spacial score (nSPS) is 37.1. The summed E-state index contributed by atoms with van der Waals surface area (Å²) in [6, 6.07) is 9.77. The molecule has 3 aliphatic rings. The van der Waals surface area contributed by atoms with Crippen LogP contribution in [0.5, 0.6) is 0 Å². The number of carbonyl (C=O) groups is 1. The van der Waals surface area contributed by atoms with Crippen molar-refractivity contribution in [2.75, 3.05) is 6.61 Å². The van der Waals surface area contributed by atoms with Crippen molar-refractivity contribution in [3.8, 4) is 0 Å². The van der Waals surface area contributed by atoms with Gasteiger partial charge in [-0.2, -0.15) is 0 Å². The van der Waals surface area contributed by atoms with E-state index >= 15 is 0 Å². The Labute approximate surface area is 184 Å². The molecule has 0 aromatic heterocycles. The molecule has 1 aliphatic heterocycles. The predicted octanol–water partition coefficient (Wildman–Crippen LogP) is 4.81. The molecule has 1 heterocycles. The molecule has 2 N–H and O–H groups in total. The van der Waals surface area contributed by atoms with Gasteiger partial charge in [-0.3, -0.25) is 0 Å². The highest BCUT2D eigenvalue weighted by Gasteiger charge is 2.57. The fraction of sp³-hybridized carbons (Fsp3) is 0.444. The van der Waals surface area contributed by atoms with Crippen LogP contribution in [0.1, 0.15) is 45.1 Å². The average Bonchev–Trinajstić information content (AvgIpc) is 3.10. The summed E-state index contributed by atoms with van der Waals surface area (Å²) >= 11 is 0. The van der Waals surface area contributed by atoms with Crippen LogP contribution in [0.4, 0.5) is 0 Å². The van der Waals surface area contributed by atoms with Gasteiger partial charge in [0.2, 0.25) is 0 Å². The highest BCUT2D eigenvalue weighted by atomic mass is 16.5. The number of cyclic esters (lactones) is 1. The Bertz CT molecular complexity index is 957. The molecule has 2 fully saturated rings. The number of allylic oxidation sites excluding steroid dienone is 3. The first-order valence-corrected chi connectivity index (χ1v) is 11.1. The number of aliphatic hydroxyl groups excluding tert-OH is 2. The number of hydrogen-bond acceptors (Lipinski definition) is 4. The lowest BCUT2D eigenvalue weighted by atomic mass is 9.46. The molecule has 0 saturated heterocycles. The van der Waals surface area contributed by atoms with Gasteiger partial charge in [-0.25, -0.2) is 4.79 Å². The highest BCUT2D eigenvalue weighted by Crippen LogP contribution is 2.61. The van der Waals surface area contributed by atoms with E-state index in [9.17, 15) is 15.0 Å². The third kappa shape index (κ3) is 3.83. The topological polar surface area (TPSA) is 66.8 Å². The maximum atomic E-state index is 12.4. The van der Waals surface area contributed by atoms with Crippen molar-refractivity contribution in [1.29, 1.82) is 0 Å². The molecule has 164 valence electrons. The number of fused-ring (bicyclic) bond motifs is 1. The van der Waals surface area contributed by atoms with Crippen molar-refractivity contribution >= 4 is 12.0 Å². The lowest BCUT2D eigenvalue weighted by Gasteiger charge is -2.59. The summed E-state index contributed by atoms with van der Waals surface area (Å²) in [4.78, 5) is 12.4. The van der Waals surface area contributed by atoms with E-state index < -0.39 is 11.5 Å². The Morgan fingerprint density at radius 1 is 1.23 bits per heavy atom.